The molecule has 0 atom stereocenters. The van der Waals surface area contributed by atoms with Crippen LogP contribution >= 0.6 is 0 Å². The first kappa shape index (κ1) is 15.7. The maximum atomic E-state index is 3.40. The smallest absolute Gasteiger partial charge is 0.0562 e. The molecule has 0 saturated heterocycles. The lowest BCUT2D eigenvalue weighted by Crippen LogP contribution is -1.96. The fraction of sp³-hybridized carbons (Fsp3) is 0.0400. The van der Waals surface area contributed by atoms with Gasteiger partial charge in [0.1, 0.15) is 0 Å². The molecule has 5 aromatic rings. The van der Waals surface area contributed by atoms with Gasteiger partial charge < -0.3 is 9.88 Å². The van der Waals surface area contributed by atoms with Crippen molar-refractivity contribution in [3.05, 3.63) is 97.1 Å². The Labute approximate surface area is 158 Å². The number of benzene rings is 4. The van der Waals surface area contributed by atoms with E-state index in [9.17, 15) is 0 Å². The van der Waals surface area contributed by atoms with Crippen molar-refractivity contribution in [1.82, 2.24) is 4.57 Å². The second-order valence-corrected chi connectivity index (χ2v) is 6.72. The molecule has 5 rings (SSSR count). The summed E-state index contributed by atoms with van der Waals surface area (Å²) in [6.45, 7) is 0. The van der Waals surface area contributed by atoms with Gasteiger partial charge in [-0.3, -0.25) is 0 Å². The Morgan fingerprint density at radius 3 is 2.04 bits per heavy atom. The van der Waals surface area contributed by atoms with Crippen LogP contribution in [0, 0.1) is 0 Å². The summed E-state index contributed by atoms with van der Waals surface area (Å²) in [6.07, 6.45) is 0. The Morgan fingerprint density at radius 1 is 0.630 bits per heavy atom. The second-order valence-electron chi connectivity index (χ2n) is 6.72. The number of aromatic nitrogens is 1. The van der Waals surface area contributed by atoms with Crippen molar-refractivity contribution in [3.8, 4) is 16.8 Å². The number of hydrogen-bond acceptors (Lipinski definition) is 1. The molecule has 0 bridgehead atoms. The largest absolute Gasteiger partial charge is 0.388 e. The molecule has 0 saturated carbocycles. The minimum Gasteiger partial charge on any atom is -0.388 e. The Balaban J connectivity index is 1.91. The number of para-hydroxylation sites is 2. The van der Waals surface area contributed by atoms with Crippen molar-refractivity contribution in [2.24, 2.45) is 0 Å². The first-order chi connectivity index (χ1) is 13.4. The van der Waals surface area contributed by atoms with Gasteiger partial charge in [-0.2, -0.15) is 0 Å². The third-order valence-electron chi connectivity index (χ3n) is 5.18. The molecular formula is C25H20N2. The van der Waals surface area contributed by atoms with E-state index >= 15 is 0 Å². The zero-order chi connectivity index (χ0) is 18.2. The second kappa shape index (κ2) is 6.33. The summed E-state index contributed by atoms with van der Waals surface area (Å²) in [4.78, 5) is 0. The van der Waals surface area contributed by atoms with Crippen LogP contribution in [0.5, 0.6) is 0 Å². The summed E-state index contributed by atoms with van der Waals surface area (Å²) in [5.41, 5.74) is 7.20. The van der Waals surface area contributed by atoms with E-state index in [4.69, 9.17) is 0 Å². The van der Waals surface area contributed by atoms with Crippen LogP contribution in [0.1, 0.15) is 0 Å². The van der Waals surface area contributed by atoms with Crippen LogP contribution < -0.4 is 5.32 Å². The monoisotopic (exact) mass is 348 g/mol. The van der Waals surface area contributed by atoms with Crippen LogP contribution in [-0.2, 0) is 0 Å². The Morgan fingerprint density at radius 2 is 1.30 bits per heavy atom. The van der Waals surface area contributed by atoms with Crippen LogP contribution in [0.2, 0.25) is 0 Å². The summed E-state index contributed by atoms with van der Waals surface area (Å²) < 4.78 is 2.35. The van der Waals surface area contributed by atoms with Gasteiger partial charge in [0.05, 0.1) is 11.0 Å². The molecule has 0 radical (unpaired) electrons. The van der Waals surface area contributed by atoms with Gasteiger partial charge in [0.2, 0.25) is 0 Å². The molecule has 130 valence electrons. The molecule has 1 N–H and O–H groups in total. The highest BCUT2D eigenvalue weighted by molar-refractivity contribution is 6.12. The molecule has 1 aromatic heterocycles. The molecule has 0 unspecified atom stereocenters. The highest BCUT2D eigenvalue weighted by Crippen LogP contribution is 2.38. The normalized spacial score (nSPS) is 11.1. The molecule has 0 aliphatic carbocycles. The third-order valence-corrected chi connectivity index (χ3v) is 5.18. The van der Waals surface area contributed by atoms with Crippen LogP contribution in [-0.4, -0.2) is 11.6 Å². The average Bonchev–Trinajstić information content (AvgIpc) is 3.07. The third kappa shape index (κ3) is 2.49. The zero-order valence-electron chi connectivity index (χ0n) is 15.2. The van der Waals surface area contributed by atoms with Crippen molar-refractivity contribution >= 4 is 27.5 Å². The van der Waals surface area contributed by atoms with Gasteiger partial charge in [-0.05, 0) is 35.9 Å². The van der Waals surface area contributed by atoms with Crippen molar-refractivity contribution in [1.29, 1.82) is 0 Å². The van der Waals surface area contributed by atoms with Crippen LogP contribution in [0.4, 0.5) is 5.69 Å². The van der Waals surface area contributed by atoms with Crippen molar-refractivity contribution in [2.75, 3.05) is 12.4 Å². The van der Waals surface area contributed by atoms with Gasteiger partial charge in [-0.25, -0.2) is 0 Å². The van der Waals surface area contributed by atoms with Gasteiger partial charge in [0.25, 0.3) is 0 Å². The molecule has 0 fully saturated rings. The molecule has 0 amide bonds. The van der Waals surface area contributed by atoms with Crippen LogP contribution in [0.25, 0.3) is 38.6 Å². The SMILES string of the molecule is CNc1cc2c(cc1-c1ccccc1)c1ccccc1n2-c1ccccc1. The van der Waals surface area contributed by atoms with E-state index in [0.29, 0.717) is 0 Å². The maximum Gasteiger partial charge on any atom is 0.0562 e. The lowest BCUT2D eigenvalue weighted by molar-refractivity contribution is 1.18. The summed E-state index contributed by atoms with van der Waals surface area (Å²) in [6, 6.07) is 34.4. The topological polar surface area (TPSA) is 17.0 Å². The molecular weight excluding hydrogens is 328 g/mol. The Hall–Kier alpha value is -3.52. The Bertz CT molecular complexity index is 1240. The zero-order valence-corrected chi connectivity index (χ0v) is 15.2. The minimum absolute atomic E-state index is 1.13. The molecule has 0 aliphatic heterocycles. The maximum absolute atomic E-state index is 3.40. The number of rotatable bonds is 3. The van der Waals surface area contributed by atoms with E-state index in [-0.39, 0.29) is 0 Å². The first-order valence-corrected chi connectivity index (χ1v) is 9.22. The van der Waals surface area contributed by atoms with E-state index < -0.39 is 0 Å². The van der Waals surface area contributed by atoms with Gasteiger partial charge in [-0.1, -0.05) is 66.7 Å². The van der Waals surface area contributed by atoms with Gasteiger partial charge >= 0.3 is 0 Å². The summed E-state index contributed by atoms with van der Waals surface area (Å²) in [7, 11) is 1.99. The van der Waals surface area contributed by atoms with Gasteiger partial charge in [0, 0.05) is 34.8 Å². The van der Waals surface area contributed by atoms with E-state index in [1.54, 1.807) is 0 Å². The Kier molecular flexibility index (Phi) is 3.68. The summed E-state index contributed by atoms with van der Waals surface area (Å²) in [5.74, 6) is 0. The number of nitrogens with zero attached hydrogens (tertiary/aromatic N) is 1. The van der Waals surface area contributed by atoms with Gasteiger partial charge in [-0.15, -0.1) is 0 Å². The van der Waals surface area contributed by atoms with Gasteiger partial charge in [0.15, 0.2) is 0 Å². The highest BCUT2D eigenvalue weighted by Gasteiger charge is 2.15. The lowest BCUT2D eigenvalue weighted by atomic mass is 10.0. The number of anilines is 1. The van der Waals surface area contributed by atoms with Crippen molar-refractivity contribution < 1.29 is 0 Å². The molecule has 0 aliphatic rings. The fourth-order valence-electron chi connectivity index (χ4n) is 3.93. The quantitative estimate of drug-likeness (QED) is 0.394. The van der Waals surface area contributed by atoms with Crippen LogP contribution in [0.3, 0.4) is 0 Å². The van der Waals surface area contributed by atoms with E-state index in [0.717, 1.165) is 5.69 Å². The number of nitrogens with one attached hydrogen (secondary N) is 1. The van der Waals surface area contributed by atoms with E-state index in [1.165, 1.54) is 38.6 Å². The van der Waals surface area contributed by atoms with E-state index in [2.05, 4.69) is 107 Å². The average molecular weight is 348 g/mol. The highest BCUT2D eigenvalue weighted by atomic mass is 15.0. The first-order valence-electron chi connectivity index (χ1n) is 9.22. The molecule has 4 aromatic carbocycles. The molecule has 2 nitrogen and oxygen atoms in total. The molecule has 1 heterocycles. The van der Waals surface area contributed by atoms with E-state index in [1.807, 2.05) is 7.05 Å². The van der Waals surface area contributed by atoms with Crippen LogP contribution in [0.15, 0.2) is 97.1 Å². The van der Waals surface area contributed by atoms with Crippen molar-refractivity contribution in [2.45, 2.75) is 0 Å². The predicted octanol–water partition coefficient (Wildman–Crippen LogP) is 6.49. The standard InChI is InChI=1S/C25H20N2/c1-26-23-17-25-22(16-21(23)18-10-4-2-5-11-18)20-14-8-9-15-24(20)27(25)19-12-6-3-7-13-19/h2-17,26H,1H3. The summed E-state index contributed by atoms with van der Waals surface area (Å²) in [5, 5.41) is 5.94. The number of hydrogen-bond donors (Lipinski definition) is 1. The fourth-order valence-corrected chi connectivity index (χ4v) is 3.93. The predicted molar refractivity (Wildman–Crippen MR) is 116 cm³/mol. The molecule has 2 heteroatoms. The molecule has 0 spiro atoms. The number of fused-ring (bicyclic) bond motifs is 3. The molecule has 27 heavy (non-hydrogen) atoms. The van der Waals surface area contributed by atoms with Crippen molar-refractivity contribution in [3.63, 3.8) is 0 Å². The lowest BCUT2D eigenvalue weighted by Gasteiger charge is -2.12. The minimum atomic E-state index is 1.13. The summed E-state index contributed by atoms with van der Waals surface area (Å²) >= 11 is 0.